The van der Waals surface area contributed by atoms with Gasteiger partial charge in [-0.15, -0.1) is 0 Å². The van der Waals surface area contributed by atoms with Crippen molar-refractivity contribution >= 4 is 0 Å². The van der Waals surface area contributed by atoms with Crippen molar-refractivity contribution in [3.63, 3.8) is 0 Å². The van der Waals surface area contributed by atoms with E-state index in [1.165, 1.54) is 18.5 Å². The third-order valence-electron chi connectivity index (χ3n) is 2.85. The van der Waals surface area contributed by atoms with E-state index in [-0.39, 0.29) is 0 Å². The van der Waals surface area contributed by atoms with Gasteiger partial charge in [0, 0.05) is 13.1 Å². The summed E-state index contributed by atoms with van der Waals surface area (Å²) in [6.07, 6.45) is 2.98. The molecule has 0 aliphatic carbocycles. The van der Waals surface area contributed by atoms with Gasteiger partial charge in [-0.2, -0.15) is 0 Å². The Morgan fingerprint density at radius 3 is 2.69 bits per heavy atom. The predicted molar refractivity (Wildman–Crippen MR) is 67.6 cm³/mol. The summed E-state index contributed by atoms with van der Waals surface area (Å²) in [7, 11) is 0. The molecule has 0 bridgehead atoms. The molecule has 0 radical (unpaired) electrons. The summed E-state index contributed by atoms with van der Waals surface area (Å²) >= 11 is 0. The minimum Gasteiger partial charge on any atom is -0.468 e. The summed E-state index contributed by atoms with van der Waals surface area (Å²) in [4.78, 5) is 2.46. The van der Waals surface area contributed by atoms with Gasteiger partial charge in [-0.3, -0.25) is 0 Å². The molecule has 0 saturated heterocycles. The first-order valence-corrected chi connectivity index (χ1v) is 6.24. The minimum absolute atomic E-state index is 0.836. The molecule has 3 nitrogen and oxygen atoms in total. The van der Waals surface area contributed by atoms with E-state index in [9.17, 15) is 0 Å². The molecule has 16 heavy (non-hydrogen) atoms. The third-order valence-corrected chi connectivity index (χ3v) is 2.85. The van der Waals surface area contributed by atoms with E-state index < -0.39 is 0 Å². The highest BCUT2D eigenvalue weighted by molar-refractivity contribution is 5.13. The van der Waals surface area contributed by atoms with Gasteiger partial charge in [0.1, 0.15) is 5.76 Å². The summed E-state index contributed by atoms with van der Waals surface area (Å²) in [6.45, 7) is 11.8. The normalized spacial score (nSPS) is 11.2. The average Bonchev–Trinajstić information content (AvgIpc) is 2.69. The summed E-state index contributed by atoms with van der Waals surface area (Å²) < 4.78 is 5.37. The Morgan fingerprint density at radius 2 is 2.12 bits per heavy atom. The van der Waals surface area contributed by atoms with Gasteiger partial charge in [-0.05, 0) is 38.1 Å². The number of hydrogen-bond donors (Lipinski definition) is 1. The number of likely N-dealkylation sites (N-methyl/N-ethyl adjacent to an activating group) is 1. The number of furan rings is 1. The molecule has 1 heterocycles. The fourth-order valence-corrected chi connectivity index (χ4v) is 1.77. The molecule has 1 rings (SSSR count). The SMILES string of the molecule is CCCN(CC)CCNCc1occc1C. The van der Waals surface area contributed by atoms with Crippen LogP contribution in [0.3, 0.4) is 0 Å². The Hall–Kier alpha value is -0.800. The van der Waals surface area contributed by atoms with Crippen LogP contribution < -0.4 is 5.32 Å². The van der Waals surface area contributed by atoms with E-state index in [1.54, 1.807) is 6.26 Å². The summed E-state index contributed by atoms with van der Waals surface area (Å²) in [5.74, 6) is 1.05. The van der Waals surface area contributed by atoms with Gasteiger partial charge in [0.15, 0.2) is 0 Å². The highest BCUT2D eigenvalue weighted by Crippen LogP contribution is 2.07. The Kier molecular flexibility index (Phi) is 6.19. The van der Waals surface area contributed by atoms with Crippen molar-refractivity contribution in [3.8, 4) is 0 Å². The second-order valence-corrected chi connectivity index (χ2v) is 4.14. The number of hydrogen-bond acceptors (Lipinski definition) is 3. The third kappa shape index (κ3) is 4.37. The van der Waals surface area contributed by atoms with Crippen molar-refractivity contribution in [1.82, 2.24) is 10.2 Å². The van der Waals surface area contributed by atoms with Gasteiger partial charge in [-0.1, -0.05) is 13.8 Å². The zero-order valence-corrected chi connectivity index (χ0v) is 10.8. The number of rotatable bonds is 8. The van der Waals surface area contributed by atoms with Crippen LogP contribution in [0.25, 0.3) is 0 Å². The molecule has 0 unspecified atom stereocenters. The predicted octanol–water partition coefficient (Wildman–Crippen LogP) is 2.41. The van der Waals surface area contributed by atoms with Crippen LogP contribution in [0.15, 0.2) is 16.7 Å². The molecule has 0 amide bonds. The maximum atomic E-state index is 5.37. The van der Waals surface area contributed by atoms with Crippen molar-refractivity contribution in [2.24, 2.45) is 0 Å². The minimum atomic E-state index is 0.836. The van der Waals surface area contributed by atoms with Crippen LogP contribution in [0.4, 0.5) is 0 Å². The number of nitrogens with zero attached hydrogens (tertiary/aromatic N) is 1. The lowest BCUT2D eigenvalue weighted by molar-refractivity contribution is 0.286. The van der Waals surface area contributed by atoms with E-state index in [1.807, 2.05) is 6.07 Å². The molecule has 0 aliphatic heterocycles. The van der Waals surface area contributed by atoms with Gasteiger partial charge >= 0.3 is 0 Å². The van der Waals surface area contributed by atoms with E-state index in [0.29, 0.717) is 0 Å². The lowest BCUT2D eigenvalue weighted by Gasteiger charge is -2.19. The molecule has 0 aromatic carbocycles. The standard InChI is InChI=1S/C13H24N2O/c1-4-8-15(5-2)9-7-14-11-13-12(3)6-10-16-13/h6,10,14H,4-5,7-9,11H2,1-3H3. The summed E-state index contributed by atoms with van der Waals surface area (Å²) in [5.41, 5.74) is 1.23. The van der Waals surface area contributed by atoms with E-state index in [4.69, 9.17) is 4.42 Å². The molecule has 1 aromatic rings. The number of aryl methyl sites for hydroxylation is 1. The molecule has 1 N–H and O–H groups in total. The molecule has 0 saturated carbocycles. The van der Waals surface area contributed by atoms with Crippen LogP contribution in [0, 0.1) is 6.92 Å². The van der Waals surface area contributed by atoms with Crippen LogP contribution in [0.2, 0.25) is 0 Å². The first kappa shape index (κ1) is 13.3. The Labute approximate surface area is 98.8 Å². The largest absolute Gasteiger partial charge is 0.468 e. The fraction of sp³-hybridized carbons (Fsp3) is 0.692. The van der Waals surface area contributed by atoms with Crippen LogP contribution in [-0.4, -0.2) is 31.1 Å². The fourth-order valence-electron chi connectivity index (χ4n) is 1.77. The van der Waals surface area contributed by atoms with Gasteiger partial charge < -0.3 is 14.6 Å². The Bertz CT molecular complexity index is 283. The molecule has 0 aliphatic rings. The zero-order chi connectivity index (χ0) is 11.8. The van der Waals surface area contributed by atoms with Crippen LogP contribution in [-0.2, 0) is 6.54 Å². The van der Waals surface area contributed by atoms with Gasteiger partial charge in [0.25, 0.3) is 0 Å². The Morgan fingerprint density at radius 1 is 1.31 bits per heavy atom. The Balaban J connectivity index is 2.14. The molecular weight excluding hydrogens is 200 g/mol. The number of nitrogens with one attached hydrogen (secondary N) is 1. The summed E-state index contributed by atoms with van der Waals surface area (Å²) in [5, 5.41) is 3.42. The second kappa shape index (κ2) is 7.47. The maximum Gasteiger partial charge on any atom is 0.120 e. The lowest BCUT2D eigenvalue weighted by atomic mass is 10.3. The highest BCUT2D eigenvalue weighted by atomic mass is 16.3. The molecule has 0 fully saturated rings. The topological polar surface area (TPSA) is 28.4 Å². The highest BCUT2D eigenvalue weighted by Gasteiger charge is 2.02. The molecule has 0 atom stereocenters. The first-order valence-electron chi connectivity index (χ1n) is 6.24. The van der Waals surface area contributed by atoms with Crippen molar-refractivity contribution < 1.29 is 4.42 Å². The molecule has 1 aromatic heterocycles. The van der Waals surface area contributed by atoms with Crippen molar-refractivity contribution in [2.45, 2.75) is 33.7 Å². The maximum absolute atomic E-state index is 5.37. The van der Waals surface area contributed by atoms with Crippen LogP contribution >= 0.6 is 0 Å². The van der Waals surface area contributed by atoms with E-state index in [2.05, 4.69) is 31.0 Å². The van der Waals surface area contributed by atoms with E-state index in [0.717, 1.165) is 31.9 Å². The average molecular weight is 224 g/mol. The smallest absolute Gasteiger partial charge is 0.120 e. The van der Waals surface area contributed by atoms with Gasteiger partial charge in [0.2, 0.25) is 0 Å². The first-order chi connectivity index (χ1) is 7.77. The second-order valence-electron chi connectivity index (χ2n) is 4.14. The molecular formula is C13H24N2O. The molecule has 0 spiro atoms. The van der Waals surface area contributed by atoms with E-state index >= 15 is 0 Å². The van der Waals surface area contributed by atoms with Crippen LogP contribution in [0.1, 0.15) is 31.6 Å². The summed E-state index contributed by atoms with van der Waals surface area (Å²) in [6, 6.07) is 2.01. The van der Waals surface area contributed by atoms with Gasteiger partial charge in [0.05, 0.1) is 12.8 Å². The lowest BCUT2D eigenvalue weighted by Crippen LogP contribution is -2.32. The molecule has 92 valence electrons. The van der Waals surface area contributed by atoms with Gasteiger partial charge in [-0.25, -0.2) is 0 Å². The van der Waals surface area contributed by atoms with Crippen molar-refractivity contribution in [1.29, 1.82) is 0 Å². The van der Waals surface area contributed by atoms with Crippen molar-refractivity contribution in [2.75, 3.05) is 26.2 Å². The monoisotopic (exact) mass is 224 g/mol. The van der Waals surface area contributed by atoms with Crippen LogP contribution in [0.5, 0.6) is 0 Å². The van der Waals surface area contributed by atoms with Crippen molar-refractivity contribution in [3.05, 3.63) is 23.7 Å². The zero-order valence-electron chi connectivity index (χ0n) is 10.8. The quantitative estimate of drug-likeness (QED) is 0.687. The molecule has 3 heteroatoms.